The highest BCUT2D eigenvalue weighted by Gasteiger charge is 2.41. The lowest BCUT2D eigenvalue weighted by Gasteiger charge is -2.23. The van der Waals surface area contributed by atoms with E-state index in [4.69, 9.17) is 14.2 Å². The highest BCUT2D eigenvalue weighted by atomic mass is 79.9. The van der Waals surface area contributed by atoms with Crippen molar-refractivity contribution in [2.45, 2.75) is 19.6 Å². The van der Waals surface area contributed by atoms with Crippen molar-refractivity contribution in [1.82, 2.24) is 0 Å². The molecule has 1 heterocycles. The van der Waals surface area contributed by atoms with E-state index in [1.54, 1.807) is 6.07 Å². The average Bonchev–Trinajstić information content (AvgIpc) is 3.18. The molecule has 0 saturated carbocycles. The van der Waals surface area contributed by atoms with Crippen LogP contribution in [0.2, 0.25) is 0 Å². The first-order chi connectivity index (χ1) is 15.9. The van der Waals surface area contributed by atoms with Crippen LogP contribution in [0.3, 0.4) is 0 Å². The fraction of sp³-hybridized carbons (Fsp3) is 0.111. The topological polar surface area (TPSA) is 44.8 Å². The standard InChI is InChI=1S/C27H22BrO4P/c1-27(2)31-25-22(30-19-12-6-3-7-13-19)18-23(24(28)26(25)32-27)33(29,20-14-8-4-9-15-20)21-16-10-5-11-17-21/h3-18H,1-2H3. The van der Waals surface area contributed by atoms with E-state index in [0.29, 0.717) is 32.8 Å². The van der Waals surface area contributed by atoms with Gasteiger partial charge < -0.3 is 18.8 Å². The number of para-hydroxylation sites is 1. The van der Waals surface area contributed by atoms with Crippen LogP contribution < -0.4 is 30.1 Å². The molecule has 4 aromatic carbocycles. The molecule has 4 nitrogen and oxygen atoms in total. The Bertz CT molecular complexity index is 1300. The first kappa shape index (κ1) is 21.8. The van der Waals surface area contributed by atoms with Crippen LogP contribution in [0.5, 0.6) is 23.0 Å². The highest BCUT2D eigenvalue weighted by Crippen LogP contribution is 2.55. The van der Waals surface area contributed by atoms with Gasteiger partial charge in [-0.05, 0) is 34.1 Å². The van der Waals surface area contributed by atoms with E-state index >= 15 is 4.57 Å². The third-order valence-electron chi connectivity index (χ3n) is 5.37. The van der Waals surface area contributed by atoms with Gasteiger partial charge in [0, 0.05) is 29.8 Å². The second-order valence-electron chi connectivity index (χ2n) is 8.17. The van der Waals surface area contributed by atoms with E-state index in [0.717, 1.165) is 10.6 Å². The summed E-state index contributed by atoms with van der Waals surface area (Å²) in [4.78, 5) is 0. The number of halogens is 1. The molecule has 166 valence electrons. The maximum absolute atomic E-state index is 15.0. The lowest BCUT2D eigenvalue weighted by atomic mass is 10.3. The molecule has 0 amide bonds. The van der Waals surface area contributed by atoms with E-state index in [1.165, 1.54) is 0 Å². The monoisotopic (exact) mass is 520 g/mol. The van der Waals surface area contributed by atoms with Crippen LogP contribution in [0.1, 0.15) is 13.8 Å². The van der Waals surface area contributed by atoms with Crippen LogP contribution in [0, 0.1) is 0 Å². The minimum absolute atomic E-state index is 0.451. The Morgan fingerprint density at radius 1 is 0.758 bits per heavy atom. The lowest BCUT2D eigenvalue weighted by molar-refractivity contribution is -0.0440. The van der Waals surface area contributed by atoms with E-state index in [9.17, 15) is 0 Å². The molecular weight excluding hydrogens is 499 g/mol. The molecule has 0 spiro atoms. The van der Waals surface area contributed by atoms with Gasteiger partial charge in [0.15, 0.2) is 18.6 Å². The van der Waals surface area contributed by atoms with E-state index < -0.39 is 12.9 Å². The predicted octanol–water partition coefficient (Wildman–Crippen LogP) is 6.39. The summed E-state index contributed by atoms with van der Waals surface area (Å²) in [5, 5.41) is 2.03. The molecule has 0 aromatic heterocycles. The van der Waals surface area contributed by atoms with Crippen LogP contribution in [0.4, 0.5) is 0 Å². The number of rotatable bonds is 5. The largest absolute Gasteiger partial charge is 0.453 e. The van der Waals surface area contributed by atoms with Crippen molar-refractivity contribution >= 4 is 39.0 Å². The number of benzene rings is 4. The van der Waals surface area contributed by atoms with Gasteiger partial charge in [-0.2, -0.15) is 0 Å². The first-order valence-electron chi connectivity index (χ1n) is 10.6. The summed E-state index contributed by atoms with van der Waals surface area (Å²) in [6.45, 7) is 3.67. The number of ether oxygens (including phenoxy) is 3. The number of fused-ring (bicyclic) bond motifs is 1. The van der Waals surface area contributed by atoms with Crippen LogP contribution in [0.25, 0.3) is 0 Å². The molecule has 0 N–H and O–H groups in total. The van der Waals surface area contributed by atoms with Crippen molar-refractivity contribution in [3.63, 3.8) is 0 Å². The SMILES string of the molecule is CC1(C)Oc2c(Oc3ccccc3)cc(P(=O)(c3ccccc3)c3ccccc3)c(Br)c2O1. The van der Waals surface area contributed by atoms with E-state index in [-0.39, 0.29) is 0 Å². The van der Waals surface area contributed by atoms with Gasteiger partial charge in [-0.3, -0.25) is 0 Å². The van der Waals surface area contributed by atoms with Crippen LogP contribution >= 0.6 is 23.1 Å². The van der Waals surface area contributed by atoms with Gasteiger partial charge in [-0.1, -0.05) is 78.9 Å². The Kier molecular flexibility index (Phi) is 5.55. The Hall–Kier alpha value is -3.01. The molecular formula is C27H22BrO4P. The van der Waals surface area contributed by atoms with Crippen molar-refractivity contribution in [2.75, 3.05) is 0 Å². The predicted molar refractivity (Wildman–Crippen MR) is 135 cm³/mol. The lowest BCUT2D eigenvalue weighted by Crippen LogP contribution is -2.30. The molecule has 0 bridgehead atoms. The summed E-state index contributed by atoms with van der Waals surface area (Å²) >= 11 is 3.70. The Labute approximate surface area is 201 Å². The zero-order valence-electron chi connectivity index (χ0n) is 18.2. The van der Waals surface area contributed by atoms with Crippen LogP contribution in [0.15, 0.2) is 102 Å². The fourth-order valence-electron chi connectivity index (χ4n) is 3.90. The second-order valence-corrected chi connectivity index (χ2v) is 11.7. The smallest absolute Gasteiger partial charge is 0.246 e. The van der Waals surface area contributed by atoms with Crippen LogP contribution in [-0.2, 0) is 4.57 Å². The molecule has 33 heavy (non-hydrogen) atoms. The minimum atomic E-state index is -3.28. The Morgan fingerprint density at radius 3 is 1.79 bits per heavy atom. The molecule has 5 rings (SSSR count). The molecule has 0 atom stereocenters. The van der Waals surface area contributed by atoms with E-state index in [1.807, 2.05) is 105 Å². The molecule has 0 aliphatic carbocycles. The molecule has 4 aromatic rings. The second kappa shape index (κ2) is 8.40. The maximum atomic E-state index is 15.0. The van der Waals surface area contributed by atoms with Gasteiger partial charge in [-0.25, -0.2) is 0 Å². The van der Waals surface area contributed by atoms with Gasteiger partial charge >= 0.3 is 0 Å². The normalized spacial score (nSPS) is 14.2. The third kappa shape index (κ3) is 3.96. The summed E-state index contributed by atoms with van der Waals surface area (Å²) < 4.78 is 34.1. The maximum Gasteiger partial charge on any atom is 0.246 e. The Morgan fingerprint density at radius 2 is 1.24 bits per heavy atom. The van der Waals surface area contributed by atoms with E-state index in [2.05, 4.69) is 15.9 Å². The van der Waals surface area contributed by atoms with Gasteiger partial charge in [0.25, 0.3) is 0 Å². The van der Waals surface area contributed by atoms with Crippen molar-refractivity contribution in [3.05, 3.63) is 102 Å². The molecule has 6 heteroatoms. The fourth-order valence-corrected chi connectivity index (χ4v) is 7.74. The summed E-state index contributed by atoms with van der Waals surface area (Å²) in [5.41, 5.74) is 0. The molecule has 1 aliphatic rings. The quantitative estimate of drug-likeness (QED) is 0.286. The summed E-state index contributed by atoms with van der Waals surface area (Å²) in [7, 11) is -3.28. The average molecular weight is 521 g/mol. The Balaban J connectivity index is 1.78. The highest BCUT2D eigenvalue weighted by molar-refractivity contribution is 9.10. The third-order valence-corrected chi connectivity index (χ3v) is 9.54. The molecule has 0 saturated heterocycles. The first-order valence-corrected chi connectivity index (χ1v) is 13.1. The van der Waals surface area contributed by atoms with Gasteiger partial charge in [-0.15, -0.1) is 0 Å². The van der Waals surface area contributed by atoms with Gasteiger partial charge in [0.2, 0.25) is 11.5 Å². The number of hydrogen-bond donors (Lipinski definition) is 0. The summed E-state index contributed by atoms with van der Waals surface area (Å²) in [6.07, 6.45) is 0. The molecule has 0 fully saturated rings. The molecule has 0 radical (unpaired) electrons. The van der Waals surface area contributed by atoms with Crippen LogP contribution in [-0.4, -0.2) is 5.79 Å². The summed E-state index contributed by atoms with van der Waals surface area (Å²) in [5.74, 6) is 1.17. The molecule has 1 aliphatic heterocycles. The van der Waals surface area contributed by atoms with Crippen molar-refractivity contribution < 1.29 is 18.8 Å². The van der Waals surface area contributed by atoms with Crippen molar-refractivity contribution in [3.8, 4) is 23.0 Å². The van der Waals surface area contributed by atoms with Crippen molar-refractivity contribution in [1.29, 1.82) is 0 Å². The zero-order chi connectivity index (χ0) is 23.1. The van der Waals surface area contributed by atoms with Crippen molar-refractivity contribution in [2.24, 2.45) is 0 Å². The van der Waals surface area contributed by atoms with Gasteiger partial charge in [0.1, 0.15) is 5.75 Å². The molecule has 0 unspecified atom stereocenters. The zero-order valence-corrected chi connectivity index (χ0v) is 20.7. The minimum Gasteiger partial charge on any atom is -0.453 e. The number of hydrogen-bond acceptors (Lipinski definition) is 4. The summed E-state index contributed by atoms with van der Waals surface area (Å²) in [6, 6.07) is 30.3. The van der Waals surface area contributed by atoms with Gasteiger partial charge in [0.05, 0.1) is 4.47 Å².